The molecule has 122 valence electrons. The van der Waals surface area contributed by atoms with Gasteiger partial charge in [0.05, 0.1) is 6.54 Å². The van der Waals surface area contributed by atoms with Gasteiger partial charge in [-0.05, 0) is 18.7 Å². The zero-order valence-corrected chi connectivity index (χ0v) is 13.5. The molecular weight excluding hydrogens is 276 g/mol. The molecule has 0 radical (unpaired) electrons. The van der Waals surface area contributed by atoms with Crippen LogP contribution >= 0.6 is 0 Å². The number of guanidine groups is 1. The van der Waals surface area contributed by atoms with Gasteiger partial charge in [-0.15, -0.1) is 0 Å². The smallest absolute Gasteiger partial charge is 0.188 e. The highest BCUT2D eigenvalue weighted by molar-refractivity contribution is 5.77. The van der Waals surface area contributed by atoms with Gasteiger partial charge >= 0.3 is 0 Å². The Morgan fingerprint density at radius 1 is 1.27 bits per heavy atom. The van der Waals surface area contributed by atoms with Crippen LogP contribution in [0.2, 0.25) is 0 Å². The van der Waals surface area contributed by atoms with Crippen LogP contribution in [0.15, 0.2) is 29.4 Å². The molecule has 2 heterocycles. The first-order valence-corrected chi connectivity index (χ1v) is 8.16. The highest BCUT2D eigenvalue weighted by Crippen LogP contribution is 2.00. The Labute approximate surface area is 133 Å². The number of nitrogens with two attached hydrogens (primary N) is 1. The fraction of sp³-hybridized carbons (Fsp3) is 0.625. The van der Waals surface area contributed by atoms with Crippen molar-refractivity contribution in [3.63, 3.8) is 0 Å². The van der Waals surface area contributed by atoms with Crippen LogP contribution in [0, 0.1) is 0 Å². The molecule has 1 fully saturated rings. The van der Waals surface area contributed by atoms with Crippen molar-refractivity contribution in [1.29, 1.82) is 0 Å². The number of nitrogens with one attached hydrogen (secondary N) is 1. The number of pyridine rings is 1. The van der Waals surface area contributed by atoms with E-state index in [2.05, 4.69) is 32.0 Å². The van der Waals surface area contributed by atoms with E-state index in [4.69, 9.17) is 5.73 Å². The molecule has 0 spiro atoms. The summed E-state index contributed by atoms with van der Waals surface area (Å²) in [5.41, 5.74) is 6.96. The van der Waals surface area contributed by atoms with Gasteiger partial charge in [0.15, 0.2) is 5.96 Å². The molecule has 0 unspecified atom stereocenters. The number of rotatable bonds is 7. The second-order valence-electron chi connectivity index (χ2n) is 5.54. The average Bonchev–Trinajstić information content (AvgIpc) is 2.56. The van der Waals surface area contributed by atoms with E-state index in [1.165, 1.54) is 0 Å². The fourth-order valence-corrected chi connectivity index (χ4v) is 2.56. The Kier molecular flexibility index (Phi) is 7.12. The molecule has 22 heavy (non-hydrogen) atoms. The van der Waals surface area contributed by atoms with Crippen LogP contribution in [0.5, 0.6) is 0 Å². The highest BCUT2D eigenvalue weighted by atomic mass is 15.3. The van der Waals surface area contributed by atoms with Gasteiger partial charge in [0.2, 0.25) is 0 Å². The summed E-state index contributed by atoms with van der Waals surface area (Å²) in [5, 5.41) is 3.15. The summed E-state index contributed by atoms with van der Waals surface area (Å²) in [7, 11) is 0. The third kappa shape index (κ3) is 5.99. The third-order valence-corrected chi connectivity index (χ3v) is 4.02. The van der Waals surface area contributed by atoms with E-state index in [1.807, 2.05) is 24.4 Å². The predicted octanol–water partition coefficient (Wildman–Crippen LogP) is 0.166. The van der Waals surface area contributed by atoms with E-state index in [-0.39, 0.29) is 0 Å². The summed E-state index contributed by atoms with van der Waals surface area (Å²) >= 11 is 0. The summed E-state index contributed by atoms with van der Waals surface area (Å²) < 4.78 is 0. The minimum absolute atomic E-state index is 0.531. The molecule has 0 atom stereocenters. The van der Waals surface area contributed by atoms with Crippen molar-refractivity contribution in [2.24, 2.45) is 10.7 Å². The van der Waals surface area contributed by atoms with Crippen LogP contribution < -0.4 is 11.1 Å². The molecule has 1 saturated heterocycles. The lowest BCUT2D eigenvalue weighted by Gasteiger charge is -2.33. The van der Waals surface area contributed by atoms with Gasteiger partial charge in [0, 0.05) is 57.6 Å². The topological polar surface area (TPSA) is 69.8 Å². The number of hydrogen-bond donors (Lipinski definition) is 2. The Balaban J connectivity index is 1.58. The molecule has 1 aliphatic rings. The van der Waals surface area contributed by atoms with Gasteiger partial charge in [-0.1, -0.05) is 13.0 Å². The normalized spacial score (nSPS) is 17.6. The summed E-state index contributed by atoms with van der Waals surface area (Å²) in [6, 6.07) is 5.94. The number of nitrogens with zero attached hydrogens (tertiary/aromatic N) is 4. The number of likely N-dealkylation sites (N-methyl/N-ethyl adjacent to an activating group) is 1. The number of aromatic nitrogens is 1. The number of aliphatic imine (C=N–C) groups is 1. The van der Waals surface area contributed by atoms with Crippen LogP contribution in [0.4, 0.5) is 0 Å². The fourth-order valence-electron chi connectivity index (χ4n) is 2.56. The summed E-state index contributed by atoms with van der Waals surface area (Å²) in [4.78, 5) is 13.6. The van der Waals surface area contributed by atoms with Crippen molar-refractivity contribution in [2.75, 3.05) is 52.4 Å². The molecular formula is C16H28N6. The van der Waals surface area contributed by atoms with Crippen molar-refractivity contribution in [1.82, 2.24) is 20.1 Å². The van der Waals surface area contributed by atoms with Gasteiger partial charge in [0.1, 0.15) is 0 Å². The van der Waals surface area contributed by atoms with Crippen LogP contribution in [0.3, 0.4) is 0 Å². The zero-order valence-electron chi connectivity index (χ0n) is 13.5. The Morgan fingerprint density at radius 3 is 2.73 bits per heavy atom. The van der Waals surface area contributed by atoms with Crippen LogP contribution in [-0.2, 0) is 6.42 Å². The molecule has 1 aliphatic heterocycles. The van der Waals surface area contributed by atoms with E-state index in [0.717, 1.165) is 64.5 Å². The Hall–Kier alpha value is -1.66. The first-order valence-electron chi connectivity index (χ1n) is 8.16. The molecule has 0 aliphatic carbocycles. The predicted molar refractivity (Wildman–Crippen MR) is 91.0 cm³/mol. The van der Waals surface area contributed by atoms with E-state index in [0.29, 0.717) is 5.96 Å². The van der Waals surface area contributed by atoms with Gasteiger partial charge in [-0.2, -0.15) is 0 Å². The molecule has 6 heteroatoms. The monoisotopic (exact) mass is 304 g/mol. The zero-order chi connectivity index (χ0) is 15.6. The molecule has 0 amide bonds. The van der Waals surface area contributed by atoms with E-state index < -0.39 is 0 Å². The van der Waals surface area contributed by atoms with Gasteiger partial charge in [-0.25, -0.2) is 0 Å². The van der Waals surface area contributed by atoms with Gasteiger partial charge < -0.3 is 16.0 Å². The van der Waals surface area contributed by atoms with Gasteiger partial charge in [-0.3, -0.25) is 14.9 Å². The minimum Gasteiger partial charge on any atom is -0.370 e. The maximum Gasteiger partial charge on any atom is 0.188 e. The number of piperazine rings is 1. The molecule has 3 N–H and O–H groups in total. The maximum atomic E-state index is 5.89. The number of hydrogen-bond acceptors (Lipinski definition) is 4. The van der Waals surface area contributed by atoms with E-state index >= 15 is 0 Å². The first kappa shape index (κ1) is 16.7. The van der Waals surface area contributed by atoms with Crippen molar-refractivity contribution in [2.45, 2.75) is 13.3 Å². The maximum absolute atomic E-state index is 5.89. The van der Waals surface area contributed by atoms with E-state index in [9.17, 15) is 0 Å². The average molecular weight is 304 g/mol. The minimum atomic E-state index is 0.531. The third-order valence-electron chi connectivity index (χ3n) is 4.02. The lowest BCUT2D eigenvalue weighted by Crippen LogP contribution is -2.47. The van der Waals surface area contributed by atoms with Crippen molar-refractivity contribution < 1.29 is 0 Å². The lowest BCUT2D eigenvalue weighted by atomic mass is 10.3. The standard InChI is InChI=1S/C16H28N6/c1-2-21-11-13-22(14-12-21)10-9-20-16(17)19-8-6-15-5-3-4-7-18-15/h3-5,7H,2,6,8-14H2,1H3,(H3,17,19,20). The summed E-state index contributed by atoms with van der Waals surface area (Å²) in [6.07, 6.45) is 2.67. The van der Waals surface area contributed by atoms with Crippen molar-refractivity contribution >= 4 is 5.96 Å². The molecule has 1 aromatic rings. The second-order valence-corrected chi connectivity index (χ2v) is 5.54. The lowest BCUT2D eigenvalue weighted by molar-refractivity contribution is 0.140. The summed E-state index contributed by atoms with van der Waals surface area (Å²) in [5.74, 6) is 0.531. The molecule has 0 bridgehead atoms. The first-order chi connectivity index (χ1) is 10.8. The second kappa shape index (κ2) is 9.38. The molecule has 1 aromatic heterocycles. The molecule has 0 saturated carbocycles. The van der Waals surface area contributed by atoms with Crippen LogP contribution in [0.25, 0.3) is 0 Å². The summed E-state index contributed by atoms with van der Waals surface area (Å²) in [6.45, 7) is 10.5. The van der Waals surface area contributed by atoms with Crippen LogP contribution in [-0.4, -0.2) is 73.1 Å². The van der Waals surface area contributed by atoms with E-state index in [1.54, 1.807) is 0 Å². The quantitative estimate of drug-likeness (QED) is 0.555. The van der Waals surface area contributed by atoms with Crippen molar-refractivity contribution in [3.8, 4) is 0 Å². The van der Waals surface area contributed by atoms with Crippen molar-refractivity contribution in [3.05, 3.63) is 30.1 Å². The Bertz CT molecular complexity index is 439. The Morgan fingerprint density at radius 2 is 2.05 bits per heavy atom. The van der Waals surface area contributed by atoms with Gasteiger partial charge in [0.25, 0.3) is 0 Å². The van der Waals surface area contributed by atoms with Crippen LogP contribution in [0.1, 0.15) is 12.6 Å². The largest absolute Gasteiger partial charge is 0.370 e. The highest BCUT2D eigenvalue weighted by Gasteiger charge is 2.14. The molecule has 0 aromatic carbocycles. The SMILES string of the molecule is CCN1CCN(CCN=C(N)NCCc2ccccn2)CC1. The molecule has 6 nitrogen and oxygen atoms in total. The molecule has 2 rings (SSSR count).